The smallest absolute Gasteiger partial charge is 0.312 e. The standard InChI is InChI=1S/C12H11ClF3NO3S2/c13-22(19,20)7-8-5-11(18)17(6-8)9-1-3-10(4-2-9)21-12(14,15)16/h1-4,8H,5-7H2. The van der Waals surface area contributed by atoms with E-state index in [4.69, 9.17) is 10.7 Å². The van der Waals surface area contributed by atoms with Crippen molar-refractivity contribution < 1.29 is 26.4 Å². The molecule has 0 aromatic heterocycles. The van der Waals surface area contributed by atoms with Gasteiger partial charge in [0.25, 0.3) is 0 Å². The molecular weight excluding hydrogens is 363 g/mol. The van der Waals surface area contributed by atoms with Crippen molar-refractivity contribution in [1.29, 1.82) is 0 Å². The molecule has 0 aliphatic carbocycles. The molecule has 0 spiro atoms. The molecule has 2 rings (SSSR count). The Hall–Kier alpha value is -0.930. The van der Waals surface area contributed by atoms with Gasteiger partial charge in [-0.1, -0.05) is 0 Å². The van der Waals surface area contributed by atoms with Crippen LogP contribution < -0.4 is 4.90 Å². The molecule has 0 saturated carbocycles. The zero-order chi connectivity index (χ0) is 16.5. The minimum atomic E-state index is -4.37. The molecule has 122 valence electrons. The van der Waals surface area contributed by atoms with Gasteiger partial charge < -0.3 is 4.90 Å². The zero-order valence-electron chi connectivity index (χ0n) is 11.0. The molecular formula is C12H11ClF3NO3S2. The van der Waals surface area contributed by atoms with Crippen molar-refractivity contribution in [3.05, 3.63) is 24.3 Å². The van der Waals surface area contributed by atoms with Crippen LogP contribution in [0.1, 0.15) is 6.42 Å². The lowest BCUT2D eigenvalue weighted by Crippen LogP contribution is -2.25. The number of benzene rings is 1. The number of carbonyl (C=O) groups is 1. The van der Waals surface area contributed by atoms with Crippen molar-refractivity contribution in [1.82, 2.24) is 0 Å². The first-order chi connectivity index (χ1) is 10.0. The summed E-state index contributed by atoms with van der Waals surface area (Å²) in [5.41, 5.74) is -3.93. The number of thioether (sulfide) groups is 1. The average molecular weight is 374 g/mol. The zero-order valence-corrected chi connectivity index (χ0v) is 13.4. The summed E-state index contributed by atoms with van der Waals surface area (Å²) in [5.74, 6) is -1.00. The van der Waals surface area contributed by atoms with Crippen LogP contribution in [-0.2, 0) is 13.8 Å². The molecule has 1 aliphatic rings. The van der Waals surface area contributed by atoms with Crippen LogP contribution in [0, 0.1) is 5.92 Å². The van der Waals surface area contributed by atoms with Gasteiger partial charge in [0.05, 0.1) is 5.75 Å². The molecule has 0 N–H and O–H groups in total. The van der Waals surface area contributed by atoms with E-state index in [-0.39, 0.29) is 41.3 Å². The molecule has 1 fully saturated rings. The molecule has 1 aromatic rings. The molecule has 1 heterocycles. The van der Waals surface area contributed by atoms with Gasteiger partial charge in [-0.2, -0.15) is 13.2 Å². The first-order valence-corrected chi connectivity index (χ1v) is 9.41. The van der Waals surface area contributed by atoms with Gasteiger partial charge in [0, 0.05) is 40.1 Å². The summed E-state index contributed by atoms with van der Waals surface area (Å²) in [6.07, 6.45) is 0.0466. The minimum absolute atomic E-state index is 0.0165. The largest absolute Gasteiger partial charge is 0.446 e. The minimum Gasteiger partial charge on any atom is -0.312 e. The third-order valence-electron chi connectivity index (χ3n) is 3.02. The van der Waals surface area contributed by atoms with Gasteiger partial charge >= 0.3 is 5.51 Å². The van der Waals surface area contributed by atoms with E-state index in [1.54, 1.807) is 0 Å². The summed E-state index contributed by atoms with van der Waals surface area (Å²) >= 11 is -0.239. The molecule has 1 unspecified atom stereocenters. The molecule has 1 amide bonds. The number of halogens is 4. The van der Waals surface area contributed by atoms with E-state index in [1.165, 1.54) is 29.2 Å². The van der Waals surface area contributed by atoms with E-state index >= 15 is 0 Å². The maximum atomic E-state index is 12.2. The van der Waals surface area contributed by atoms with Crippen molar-refractivity contribution in [2.45, 2.75) is 16.8 Å². The molecule has 10 heteroatoms. The number of hydrogen-bond donors (Lipinski definition) is 0. The van der Waals surface area contributed by atoms with Crippen molar-refractivity contribution in [3.8, 4) is 0 Å². The molecule has 0 radical (unpaired) electrons. The van der Waals surface area contributed by atoms with Gasteiger partial charge in [-0.25, -0.2) is 8.42 Å². The summed E-state index contributed by atoms with van der Waals surface area (Å²) < 4.78 is 58.8. The number of alkyl halides is 3. The first-order valence-electron chi connectivity index (χ1n) is 6.12. The summed E-state index contributed by atoms with van der Waals surface area (Å²) in [5, 5.41) is 0. The lowest BCUT2D eigenvalue weighted by Gasteiger charge is -2.17. The second-order valence-corrected chi connectivity index (χ2v) is 8.78. The highest BCUT2D eigenvalue weighted by Crippen LogP contribution is 2.37. The van der Waals surface area contributed by atoms with Crippen LogP contribution in [0.2, 0.25) is 0 Å². The predicted octanol–water partition coefficient (Wildman–Crippen LogP) is 3.22. The molecule has 22 heavy (non-hydrogen) atoms. The lowest BCUT2D eigenvalue weighted by atomic mass is 10.1. The van der Waals surface area contributed by atoms with Crippen molar-refractivity contribution in [2.24, 2.45) is 5.92 Å². The lowest BCUT2D eigenvalue weighted by molar-refractivity contribution is -0.117. The van der Waals surface area contributed by atoms with Crippen LogP contribution in [0.25, 0.3) is 0 Å². The third kappa shape index (κ3) is 5.06. The van der Waals surface area contributed by atoms with Gasteiger partial charge in [-0.15, -0.1) is 0 Å². The van der Waals surface area contributed by atoms with Gasteiger partial charge in [-0.05, 0) is 36.0 Å². The fourth-order valence-electron chi connectivity index (χ4n) is 2.25. The van der Waals surface area contributed by atoms with Crippen LogP contribution in [0.15, 0.2) is 29.2 Å². The number of amides is 1. The van der Waals surface area contributed by atoms with Crippen molar-refractivity contribution >= 4 is 43.1 Å². The van der Waals surface area contributed by atoms with Gasteiger partial charge in [0.1, 0.15) is 0 Å². The number of nitrogens with zero attached hydrogens (tertiary/aromatic N) is 1. The predicted molar refractivity (Wildman–Crippen MR) is 78.5 cm³/mol. The van der Waals surface area contributed by atoms with Crippen LogP contribution in [0.5, 0.6) is 0 Å². The summed E-state index contributed by atoms with van der Waals surface area (Å²) in [4.78, 5) is 13.3. The molecule has 0 bridgehead atoms. The Bertz CT molecular complexity index is 661. The fourth-order valence-corrected chi connectivity index (χ4v) is 4.11. The van der Waals surface area contributed by atoms with Gasteiger partial charge in [0.2, 0.25) is 15.0 Å². The SMILES string of the molecule is O=C1CC(CS(=O)(=O)Cl)CN1c1ccc(SC(F)(F)F)cc1. The number of anilines is 1. The summed E-state index contributed by atoms with van der Waals surface area (Å²) in [7, 11) is 1.47. The molecule has 1 atom stereocenters. The fraction of sp³-hybridized carbons (Fsp3) is 0.417. The molecule has 4 nitrogen and oxygen atoms in total. The number of rotatable bonds is 4. The number of carbonyl (C=O) groups excluding carboxylic acids is 1. The topological polar surface area (TPSA) is 54.5 Å². The molecule has 1 aromatic carbocycles. The van der Waals surface area contributed by atoms with Gasteiger partial charge in [-0.3, -0.25) is 4.79 Å². The van der Waals surface area contributed by atoms with Crippen LogP contribution >= 0.6 is 22.4 Å². The Morgan fingerprint density at radius 3 is 2.36 bits per heavy atom. The van der Waals surface area contributed by atoms with Crippen LogP contribution in [0.4, 0.5) is 18.9 Å². The second kappa shape index (κ2) is 6.29. The Balaban J connectivity index is 2.07. The Kier molecular flexibility index (Phi) is 4.98. The highest BCUT2D eigenvalue weighted by Gasteiger charge is 2.33. The number of hydrogen-bond acceptors (Lipinski definition) is 4. The average Bonchev–Trinajstić information content (AvgIpc) is 2.66. The maximum absolute atomic E-state index is 12.2. The van der Waals surface area contributed by atoms with E-state index in [1.807, 2.05) is 0 Å². The molecule has 1 saturated heterocycles. The van der Waals surface area contributed by atoms with Crippen molar-refractivity contribution in [2.75, 3.05) is 17.2 Å². The quantitative estimate of drug-likeness (QED) is 0.600. The van der Waals surface area contributed by atoms with Crippen molar-refractivity contribution in [3.63, 3.8) is 0 Å². The normalized spacial score (nSPS) is 19.7. The van der Waals surface area contributed by atoms with Crippen LogP contribution in [-0.4, -0.2) is 32.1 Å². The van der Waals surface area contributed by atoms with Crippen LogP contribution in [0.3, 0.4) is 0 Å². The van der Waals surface area contributed by atoms with Gasteiger partial charge in [0.15, 0.2) is 0 Å². The highest BCUT2D eigenvalue weighted by molar-refractivity contribution is 8.13. The monoisotopic (exact) mass is 373 g/mol. The first kappa shape index (κ1) is 17.4. The second-order valence-electron chi connectivity index (χ2n) is 4.82. The van der Waals surface area contributed by atoms with E-state index in [9.17, 15) is 26.4 Å². The maximum Gasteiger partial charge on any atom is 0.446 e. The summed E-state index contributed by atoms with van der Waals surface area (Å²) in [6.45, 7) is 0.177. The third-order valence-corrected chi connectivity index (χ3v) is 5.01. The molecule has 1 aliphatic heterocycles. The van der Waals surface area contributed by atoms with E-state index in [0.29, 0.717) is 5.69 Å². The summed E-state index contributed by atoms with van der Waals surface area (Å²) in [6, 6.07) is 5.35. The Morgan fingerprint density at radius 1 is 1.27 bits per heavy atom. The Labute approximate surface area is 134 Å². The van der Waals surface area contributed by atoms with E-state index in [0.717, 1.165) is 0 Å². The Morgan fingerprint density at radius 2 is 1.86 bits per heavy atom. The van der Waals surface area contributed by atoms with E-state index < -0.39 is 20.5 Å². The van der Waals surface area contributed by atoms with E-state index in [2.05, 4.69) is 0 Å². The highest BCUT2D eigenvalue weighted by atomic mass is 35.7.